The average Bonchev–Trinajstić information content (AvgIpc) is 2.53. The van der Waals surface area contributed by atoms with E-state index in [2.05, 4.69) is 16.2 Å². The van der Waals surface area contributed by atoms with Gasteiger partial charge in [0.25, 0.3) is 5.91 Å². The van der Waals surface area contributed by atoms with E-state index in [1.165, 1.54) is 6.07 Å². The lowest BCUT2D eigenvalue weighted by Gasteiger charge is -2.11. The van der Waals surface area contributed by atoms with E-state index >= 15 is 0 Å². The van der Waals surface area contributed by atoms with Gasteiger partial charge < -0.3 is 5.32 Å². The largest absolute Gasteiger partial charge is 0.302 e. The third-order valence-corrected chi connectivity index (χ3v) is 3.28. The second kappa shape index (κ2) is 8.26. The number of halogens is 1. The lowest BCUT2D eigenvalue weighted by Crippen LogP contribution is -2.48. The maximum atomic E-state index is 11.9. The molecule has 0 aliphatic heterocycles. The molecule has 0 heterocycles. The minimum Gasteiger partial charge on any atom is -0.302 e. The number of benzene rings is 2. The number of hydrazine groups is 1. The summed E-state index contributed by atoms with van der Waals surface area (Å²) in [6.07, 6.45) is 0.199. The normalized spacial score (nSPS) is 9.78. The van der Waals surface area contributed by atoms with Crippen LogP contribution >= 0.6 is 23.8 Å². The Hall–Kier alpha value is -2.44. The SMILES string of the molecule is O=C(Cc1ccccc1)NC(=S)NNC(=O)c1cccc(Cl)c1. The van der Waals surface area contributed by atoms with E-state index in [0.717, 1.165) is 5.56 Å². The molecule has 2 amide bonds. The van der Waals surface area contributed by atoms with Gasteiger partial charge in [-0.15, -0.1) is 0 Å². The molecule has 118 valence electrons. The van der Waals surface area contributed by atoms with Crippen molar-refractivity contribution in [2.24, 2.45) is 0 Å². The second-order valence-electron chi connectivity index (χ2n) is 4.63. The predicted octanol–water partition coefficient (Wildman–Crippen LogP) is 2.22. The zero-order valence-electron chi connectivity index (χ0n) is 12.0. The van der Waals surface area contributed by atoms with Gasteiger partial charge in [0.1, 0.15) is 0 Å². The number of carbonyl (C=O) groups is 2. The van der Waals surface area contributed by atoms with Crippen LogP contribution < -0.4 is 16.2 Å². The molecule has 0 aromatic heterocycles. The molecule has 0 fully saturated rings. The summed E-state index contributed by atoms with van der Waals surface area (Å²) in [6.45, 7) is 0. The van der Waals surface area contributed by atoms with Crippen LogP contribution in [-0.2, 0) is 11.2 Å². The van der Waals surface area contributed by atoms with Gasteiger partial charge in [0.15, 0.2) is 5.11 Å². The van der Waals surface area contributed by atoms with Gasteiger partial charge in [0.2, 0.25) is 5.91 Å². The Morgan fingerprint density at radius 1 is 1.00 bits per heavy atom. The summed E-state index contributed by atoms with van der Waals surface area (Å²) in [7, 11) is 0. The van der Waals surface area contributed by atoms with Crippen molar-refractivity contribution in [1.29, 1.82) is 0 Å². The molecule has 0 radical (unpaired) electrons. The fourth-order valence-electron chi connectivity index (χ4n) is 1.80. The van der Waals surface area contributed by atoms with Crippen molar-refractivity contribution in [3.8, 4) is 0 Å². The van der Waals surface area contributed by atoms with Crippen LogP contribution in [0.1, 0.15) is 15.9 Å². The van der Waals surface area contributed by atoms with Gasteiger partial charge in [0.05, 0.1) is 6.42 Å². The number of amides is 2. The molecule has 7 heteroatoms. The fraction of sp³-hybridized carbons (Fsp3) is 0.0625. The van der Waals surface area contributed by atoms with Crippen LogP contribution in [-0.4, -0.2) is 16.9 Å². The third-order valence-electron chi connectivity index (χ3n) is 2.84. The topological polar surface area (TPSA) is 70.2 Å². The molecule has 2 rings (SSSR count). The number of rotatable bonds is 3. The quantitative estimate of drug-likeness (QED) is 0.588. The van der Waals surface area contributed by atoms with Crippen molar-refractivity contribution in [2.45, 2.75) is 6.42 Å². The molecule has 0 saturated carbocycles. The maximum absolute atomic E-state index is 11.9. The molecule has 3 N–H and O–H groups in total. The summed E-state index contributed by atoms with van der Waals surface area (Å²) in [5.74, 6) is -0.683. The summed E-state index contributed by atoms with van der Waals surface area (Å²) in [6, 6.07) is 15.7. The van der Waals surface area contributed by atoms with Crippen LogP contribution in [0.3, 0.4) is 0 Å². The highest BCUT2D eigenvalue weighted by atomic mass is 35.5. The van der Waals surface area contributed by atoms with E-state index in [1.807, 2.05) is 30.3 Å². The van der Waals surface area contributed by atoms with Gasteiger partial charge >= 0.3 is 0 Å². The van der Waals surface area contributed by atoms with Gasteiger partial charge in [-0.2, -0.15) is 0 Å². The Balaban J connectivity index is 1.78. The summed E-state index contributed by atoms with van der Waals surface area (Å²) < 4.78 is 0. The van der Waals surface area contributed by atoms with Crippen LogP contribution in [0.2, 0.25) is 5.02 Å². The van der Waals surface area contributed by atoms with E-state index < -0.39 is 5.91 Å². The molecule has 0 bridgehead atoms. The van der Waals surface area contributed by atoms with E-state index in [0.29, 0.717) is 10.6 Å². The molecule has 0 spiro atoms. The highest BCUT2D eigenvalue weighted by molar-refractivity contribution is 7.80. The van der Waals surface area contributed by atoms with Crippen molar-refractivity contribution in [2.75, 3.05) is 0 Å². The Morgan fingerprint density at radius 2 is 1.74 bits per heavy atom. The lowest BCUT2D eigenvalue weighted by molar-refractivity contribution is -0.119. The fourth-order valence-corrected chi connectivity index (χ4v) is 2.15. The first-order valence-electron chi connectivity index (χ1n) is 6.74. The smallest absolute Gasteiger partial charge is 0.269 e. The second-order valence-corrected chi connectivity index (χ2v) is 5.47. The zero-order valence-corrected chi connectivity index (χ0v) is 13.6. The van der Waals surface area contributed by atoms with Crippen LogP contribution in [0.4, 0.5) is 0 Å². The van der Waals surface area contributed by atoms with Gasteiger partial charge in [-0.25, -0.2) is 0 Å². The first kappa shape index (κ1) is 16.9. The maximum Gasteiger partial charge on any atom is 0.269 e. The summed E-state index contributed by atoms with van der Waals surface area (Å²) in [5, 5.41) is 2.96. The molecule has 23 heavy (non-hydrogen) atoms. The van der Waals surface area contributed by atoms with Crippen LogP contribution in [0.5, 0.6) is 0 Å². The number of carbonyl (C=O) groups excluding carboxylic acids is 2. The van der Waals surface area contributed by atoms with Crippen LogP contribution in [0, 0.1) is 0 Å². The van der Waals surface area contributed by atoms with E-state index in [9.17, 15) is 9.59 Å². The van der Waals surface area contributed by atoms with E-state index in [1.54, 1.807) is 18.2 Å². The molecule has 2 aromatic rings. The van der Waals surface area contributed by atoms with Gasteiger partial charge in [0, 0.05) is 10.6 Å². The summed E-state index contributed by atoms with van der Waals surface area (Å²) in [4.78, 5) is 23.7. The first-order valence-corrected chi connectivity index (χ1v) is 7.53. The average molecular weight is 348 g/mol. The van der Waals surface area contributed by atoms with Crippen molar-refractivity contribution >= 4 is 40.7 Å². The van der Waals surface area contributed by atoms with Crippen molar-refractivity contribution < 1.29 is 9.59 Å². The van der Waals surface area contributed by atoms with Crippen LogP contribution in [0.25, 0.3) is 0 Å². The standard InChI is InChI=1S/C16H14ClN3O2S/c17-13-8-4-7-12(10-13)15(22)19-20-16(23)18-14(21)9-11-5-2-1-3-6-11/h1-8,10H,9H2,(H,19,22)(H2,18,20,21,23). The molecular weight excluding hydrogens is 334 g/mol. The molecule has 5 nitrogen and oxygen atoms in total. The lowest BCUT2D eigenvalue weighted by atomic mass is 10.1. The van der Waals surface area contributed by atoms with E-state index in [-0.39, 0.29) is 17.4 Å². The molecule has 0 atom stereocenters. The Kier molecular flexibility index (Phi) is 6.08. The number of thiocarbonyl (C=S) groups is 1. The molecule has 0 aliphatic rings. The Morgan fingerprint density at radius 3 is 2.43 bits per heavy atom. The summed E-state index contributed by atoms with van der Waals surface area (Å²) in [5.41, 5.74) is 6.11. The number of nitrogens with one attached hydrogen (secondary N) is 3. The third kappa shape index (κ3) is 5.69. The summed E-state index contributed by atoms with van der Waals surface area (Å²) >= 11 is 10.8. The van der Waals surface area contributed by atoms with Gasteiger partial charge in [-0.3, -0.25) is 20.4 Å². The van der Waals surface area contributed by atoms with Gasteiger partial charge in [-0.1, -0.05) is 48.0 Å². The minimum atomic E-state index is -0.410. The van der Waals surface area contributed by atoms with Crippen LogP contribution in [0.15, 0.2) is 54.6 Å². The van der Waals surface area contributed by atoms with Crippen molar-refractivity contribution in [3.63, 3.8) is 0 Å². The molecule has 0 saturated heterocycles. The predicted molar refractivity (Wildman–Crippen MR) is 92.9 cm³/mol. The minimum absolute atomic E-state index is 0.0151. The zero-order chi connectivity index (χ0) is 16.7. The molecule has 0 aliphatic carbocycles. The highest BCUT2D eigenvalue weighted by Crippen LogP contribution is 2.10. The van der Waals surface area contributed by atoms with Crippen molar-refractivity contribution in [1.82, 2.24) is 16.2 Å². The number of hydrogen-bond donors (Lipinski definition) is 3. The molecular formula is C16H14ClN3O2S. The first-order chi connectivity index (χ1) is 11.0. The Bertz CT molecular complexity index is 722. The van der Waals surface area contributed by atoms with Gasteiger partial charge in [-0.05, 0) is 36.0 Å². The monoisotopic (exact) mass is 347 g/mol. The van der Waals surface area contributed by atoms with E-state index in [4.69, 9.17) is 23.8 Å². The molecule has 0 unspecified atom stereocenters. The highest BCUT2D eigenvalue weighted by Gasteiger charge is 2.08. The number of hydrogen-bond acceptors (Lipinski definition) is 3. The Labute approximate surface area is 144 Å². The van der Waals surface area contributed by atoms with Crippen molar-refractivity contribution in [3.05, 3.63) is 70.7 Å². The molecule has 2 aromatic carbocycles.